The van der Waals surface area contributed by atoms with E-state index < -0.39 is 0 Å². The van der Waals surface area contributed by atoms with Crippen LogP contribution in [0, 0.1) is 0 Å². The maximum Gasteiger partial charge on any atom is 0.255 e. The molecule has 1 aliphatic heterocycles. The van der Waals surface area contributed by atoms with Gasteiger partial charge in [-0.1, -0.05) is 23.2 Å². The number of hydrogen-bond acceptors (Lipinski definition) is 2. The Kier molecular flexibility index (Phi) is 3.85. The van der Waals surface area contributed by atoms with E-state index in [9.17, 15) is 4.79 Å². The molecule has 0 unspecified atom stereocenters. The van der Waals surface area contributed by atoms with Crippen LogP contribution in [0.3, 0.4) is 0 Å². The standard InChI is InChI=1S/C13H16Cl2N2O/c1-13(2)8-17(6-5-16-13)12(18)10-4-3-9(14)7-11(10)15/h3-4,7,16H,5-6,8H2,1-2H3. The van der Waals surface area contributed by atoms with E-state index in [4.69, 9.17) is 23.2 Å². The number of piperazine rings is 1. The van der Waals surface area contributed by atoms with Gasteiger partial charge in [0.2, 0.25) is 0 Å². The molecular formula is C13H16Cl2N2O. The maximum atomic E-state index is 12.4. The molecule has 0 saturated carbocycles. The molecule has 1 aliphatic rings. The van der Waals surface area contributed by atoms with Crippen LogP contribution in [0.15, 0.2) is 18.2 Å². The topological polar surface area (TPSA) is 32.3 Å². The molecule has 1 N–H and O–H groups in total. The molecule has 1 amide bonds. The molecule has 0 bridgehead atoms. The van der Waals surface area contributed by atoms with Gasteiger partial charge in [-0.05, 0) is 32.0 Å². The van der Waals surface area contributed by atoms with Crippen LogP contribution in [0.2, 0.25) is 10.0 Å². The number of nitrogens with one attached hydrogen (secondary N) is 1. The van der Waals surface area contributed by atoms with Crippen molar-refractivity contribution in [2.45, 2.75) is 19.4 Å². The number of benzene rings is 1. The predicted octanol–water partition coefficient (Wildman–Crippen LogP) is 2.82. The van der Waals surface area contributed by atoms with Crippen molar-refractivity contribution < 1.29 is 4.79 Å². The summed E-state index contributed by atoms with van der Waals surface area (Å²) in [4.78, 5) is 14.2. The Morgan fingerprint density at radius 3 is 2.72 bits per heavy atom. The summed E-state index contributed by atoms with van der Waals surface area (Å²) in [6.07, 6.45) is 0. The van der Waals surface area contributed by atoms with Crippen molar-refractivity contribution in [2.24, 2.45) is 0 Å². The number of nitrogens with zero attached hydrogens (tertiary/aromatic N) is 1. The zero-order valence-electron chi connectivity index (χ0n) is 10.5. The summed E-state index contributed by atoms with van der Waals surface area (Å²) >= 11 is 11.9. The third kappa shape index (κ3) is 2.97. The SMILES string of the molecule is CC1(C)CN(C(=O)c2ccc(Cl)cc2Cl)CCN1. The molecule has 0 atom stereocenters. The highest BCUT2D eigenvalue weighted by Crippen LogP contribution is 2.23. The average molecular weight is 287 g/mol. The van der Waals surface area contributed by atoms with Gasteiger partial charge in [0, 0.05) is 30.2 Å². The van der Waals surface area contributed by atoms with Gasteiger partial charge in [-0.3, -0.25) is 4.79 Å². The van der Waals surface area contributed by atoms with Crippen molar-refractivity contribution in [3.05, 3.63) is 33.8 Å². The van der Waals surface area contributed by atoms with E-state index in [1.54, 1.807) is 18.2 Å². The van der Waals surface area contributed by atoms with Crippen molar-refractivity contribution in [2.75, 3.05) is 19.6 Å². The Morgan fingerprint density at radius 1 is 1.39 bits per heavy atom. The fourth-order valence-electron chi connectivity index (χ4n) is 2.15. The Hall–Kier alpha value is -0.770. The largest absolute Gasteiger partial charge is 0.335 e. The monoisotopic (exact) mass is 286 g/mol. The third-order valence-corrected chi connectivity index (χ3v) is 3.57. The highest BCUT2D eigenvalue weighted by Gasteiger charge is 2.29. The Balaban J connectivity index is 2.20. The minimum absolute atomic E-state index is 0.0359. The molecule has 1 aromatic carbocycles. The number of amides is 1. The lowest BCUT2D eigenvalue weighted by Gasteiger charge is -2.39. The molecule has 18 heavy (non-hydrogen) atoms. The second-order valence-corrected chi connectivity index (χ2v) is 6.01. The van der Waals surface area contributed by atoms with Crippen LogP contribution >= 0.6 is 23.2 Å². The predicted molar refractivity (Wildman–Crippen MR) is 74.4 cm³/mol. The minimum Gasteiger partial charge on any atom is -0.335 e. The second-order valence-electron chi connectivity index (χ2n) is 5.16. The lowest BCUT2D eigenvalue weighted by molar-refractivity contribution is 0.0652. The summed E-state index contributed by atoms with van der Waals surface area (Å²) in [5.41, 5.74) is 0.450. The Labute approximate surface area is 117 Å². The summed E-state index contributed by atoms with van der Waals surface area (Å²) in [7, 11) is 0. The number of rotatable bonds is 1. The summed E-state index contributed by atoms with van der Waals surface area (Å²) in [6, 6.07) is 4.97. The van der Waals surface area contributed by atoms with Gasteiger partial charge < -0.3 is 10.2 Å². The van der Waals surface area contributed by atoms with E-state index in [1.807, 2.05) is 4.90 Å². The van der Waals surface area contributed by atoms with Crippen molar-refractivity contribution in [3.63, 3.8) is 0 Å². The van der Waals surface area contributed by atoms with E-state index in [0.29, 0.717) is 28.7 Å². The van der Waals surface area contributed by atoms with Crippen molar-refractivity contribution in [1.29, 1.82) is 0 Å². The van der Waals surface area contributed by atoms with Crippen molar-refractivity contribution in [1.82, 2.24) is 10.2 Å². The second kappa shape index (κ2) is 5.08. The molecule has 3 nitrogen and oxygen atoms in total. The van der Waals surface area contributed by atoms with Crippen LogP contribution in [0.5, 0.6) is 0 Å². The number of carbonyl (C=O) groups is 1. The zero-order valence-corrected chi connectivity index (χ0v) is 12.0. The van der Waals surface area contributed by atoms with Gasteiger partial charge in [-0.25, -0.2) is 0 Å². The van der Waals surface area contributed by atoms with Crippen molar-refractivity contribution >= 4 is 29.1 Å². The summed E-state index contributed by atoms with van der Waals surface area (Å²) < 4.78 is 0. The molecule has 2 rings (SSSR count). The average Bonchev–Trinajstić information content (AvgIpc) is 2.27. The lowest BCUT2D eigenvalue weighted by atomic mass is 10.0. The maximum absolute atomic E-state index is 12.4. The van der Waals surface area contributed by atoms with Gasteiger partial charge in [-0.15, -0.1) is 0 Å². The summed E-state index contributed by atoms with van der Waals surface area (Å²) in [5, 5.41) is 4.32. The van der Waals surface area contributed by atoms with Gasteiger partial charge in [0.15, 0.2) is 0 Å². The minimum atomic E-state index is -0.0627. The van der Waals surface area contributed by atoms with Crippen LogP contribution in [-0.4, -0.2) is 36.0 Å². The van der Waals surface area contributed by atoms with Gasteiger partial charge in [0.05, 0.1) is 10.6 Å². The third-order valence-electron chi connectivity index (χ3n) is 3.02. The first-order chi connectivity index (χ1) is 8.39. The number of hydrogen-bond donors (Lipinski definition) is 1. The number of halogens is 2. The fourth-order valence-corrected chi connectivity index (χ4v) is 2.64. The first-order valence-corrected chi connectivity index (χ1v) is 6.64. The molecule has 1 heterocycles. The highest BCUT2D eigenvalue weighted by atomic mass is 35.5. The van der Waals surface area contributed by atoms with Crippen LogP contribution in [-0.2, 0) is 0 Å². The molecular weight excluding hydrogens is 271 g/mol. The Bertz CT molecular complexity index is 474. The van der Waals surface area contributed by atoms with E-state index in [0.717, 1.165) is 6.54 Å². The first-order valence-electron chi connectivity index (χ1n) is 5.88. The molecule has 1 fully saturated rings. The first kappa shape index (κ1) is 13.7. The van der Waals surface area contributed by atoms with Crippen LogP contribution in [0.4, 0.5) is 0 Å². The van der Waals surface area contributed by atoms with E-state index in [-0.39, 0.29) is 11.4 Å². The normalized spacial score (nSPS) is 18.8. The van der Waals surface area contributed by atoms with Crippen molar-refractivity contribution in [3.8, 4) is 0 Å². The van der Waals surface area contributed by atoms with Crippen LogP contribution in [0.1, 0.15) is 24.2 Å². The lowest BCUT2D eigenvalue weighted by Crippen LogP contribution is -2.58. The summed E-state index contributed by atoms with van der Waals surface area (Å²) in [5.74, 6) is -0.0359. The molecule has 0 aliphatic carbocycles. The molecule has 0 radical (unpaired) electrons. The number of carbonyl (C=O) groups excluding carboxylic acids is 1. The fraction of sp³-hybridized carbons (Fsp3) is 0.462. The quantitative estimate of drug-likeness (QED) is 0.861. The molecule has 0 spiro atoms. The van der Waals surface area contributed by atoms with Gasteiger partial charge in [-0.2, -0.15) is 0 Å². The highest BCUT2D eigenvalue weighted by molar-refractivity contribution is 6.36. The van der Waals surface area contributed by atoms with Crippen LogP contribution < -0.4 is 5.32 Å². The summed E-state index contributed by atoms with van der Waals surface area (Å²) in [6.45, 7) is 6.32. The van der Waals surface area contributed by atoms with Gasteiger partial charge >= 0.3 is 0 Å². The van der Waals surface area contributed by atoms with E-state index >= 15 is 0 Å². The smallest absolute Gasteiger partial charge is 0.255 e. The van der Waals surface area contributed by atoms with Crippen LogP contribution in [0.25, 0.3) is 0 Å². The van der Waals surface area contributed by atoms with Gasteiger partial charge in [0.1, 0.15) is 0 Å². The molecule has 0 aromatic heterocycles. The molecule has 5 heteroatoms. The van der Waals surface area contributed by atoms with Gasteiger partial charge in [0.25, 0.3) is 5.91 Å². The Morgan fingerprint density at radius 2 is 2.11 bits per heavy atom. The molecule has 1 saturated heterocycles. The molecule has 1 aromatic rings. The van der Waals surface area contributed by atoms with E-state index in [2.05, 4.69) is 19.2 Å². The molecule has 98 valence electrons. The van der Waals surface area contributed by atoms with E-state index in [1.165, 1.54) is 0 Å². The zero-order chi connectivity index (χ0) is 13.3.